The maximum absolute atomic E-state index is 12.3. The summed E-state index contributed by atoms with van der Waals surface area (Å²) in [6, 6.07) is 3.90. The first-order chi connectivity index (χ1) is 9.38. The SMILES string of the molecule is Cc1cc(C)c(C(=O)Cn2cc([N+](=O)[O-])cn2)c(C)c1. The Balaban J connectivity index is 2.26. The van der Waals surface area contributed by atoms with Gasteiger partial charge in [-0.3, -0.25) is 19.6 Å². The Bertz CT molecular complexity index is 666. The van der Waals surface area contributed by atoms with Gasteiger partial charge >= 0.3 is 5.69 Å². The molecule has 104 valence electrons. The van der Waals surface area contributed by atoms with E-state index in [0.717, 1.165) is 22.9 Å². The van der Waals surface area contributed by atoms with Crippen molar-refractivity contribution in [1.29, 1.82) is 0 Å². The molecule has 0 N–H and O–H groups in total. The Hall–Kier alpha value is -2.50. The molecule has 20 heavy (non-hydrogen) atoms. The average molecular weight is 273 g/mol. The van der Waals surface area contributed by atoms with Crippen molar-refractivity contribution in [3.05, 3.63) is 56.9 Å². The van der Waals surface area contributed by atoms with Crippen LogP contribution in [0, 0.1) is 30.9 Å². The minimum absolute atomic E-state index is 0.00141. The Labute approximate surface area is 116 Å². The van der Waals surface area contributed by atoms with Crippen molar-refractivity contribution in [2.24, 2.45) is 0 Å². The van der Waals surface area contributed by atoms with E-state index in [4.69, 9.17) is 0 Å². The molecule has 1 aromatic heterocycles. The number of benzene rings is 1. The molecule has 0 atom stereocenters. The number of hydrogen-bond acceptors (Lipinski definition) is 4. The fourth-order valence-electron chi connectivity index (χ4n) is 2.38. The van der Waals surface area contributed by atoms with E-state index in [0.29, 0.717) is 5.56 Å². The van der Waals surface area contributed by atoms with E-state index in [2.05, 4.69) is 5.10 Å². The molecule has 6 nitrogen and oxygen atoms in total. The fraction of sp³-hybridized carbons (Fsp3) is 0.286. The van der Waals surface area contributed by atoms with Gasteiger partial charge in [-0.1, -0.05) is 17.7 Å². The third-order valence-electron chi connectivity index (χ3n) is 3.09. The minimum Gasteiger partial charge on any atom is -0.292 e. The second-order valence-electron chi connectivity index (χ2n) is 4.85. The summed E-state index contributed by atoms with van der Waals surface area (Å²) >= 11 is 0. The number of carbonyl (C=O) groups is 1. The summed E-state index contributed by atoms with van der Waals surface area (Å²) < 4.78 is 1.29. The first-order valence-electron chi connectivity index (χ1n) is 6.16. The molecule has 1 aromatic carbocycles. The molecular formula is C14H15N3O3. The highest BCUT2D eigenvalue weighted by Crippen LogP contribution is 2.18. The van der Waals surface area contributed by atoms with Crippen molar-refractivity contribution in [2.45, 2.75) is 27.3 Å². The lowest BCUT2D eigenvalue weighted by Gasteiger charge is -2.10. The quantitative estimate of drug-likeness (QED) is 0.487. The smallest absolute Gasteiger partial charge is 0.292 e. The van der Waals surface area contributed by atoms with E-state index >= 15 is 0 Å². The third kappa shape index (κ3) is 2.74. The van der Waals surface area contributed by atoms with E-state index in [9.17, 15) is 14.9 Å². The molecule has 0 aliphatic heterocycles. The van der Waals surface area contributed by atoms with Crippen molar-refractivity contribution in [3.8, 4) is 0 Å². The number of carbonyl (C=O) groups excluding carboxylic acids is 1. The summed E-state index contributed by atoms with van der Waals surface area (Å²) in [6.45, 7) is 5.75. The standard InChI is InChI=1S/C14H15N3O3/c1-9-4-10(2)14(11(3)5-9)13(18)8-16-7-12(6-15-16)17(19)20/h4-7H,8H2,1-3H3. The number of Topliss-reactive ketones (excluding diaryl/α,β-unsaturated/α-hetero) is 1. The third-order valence-corrected chi connectivity index (χ3v) is 3.09. The summed E-state index contributed by atoms with van der Waals surface area (Å²) in [4.78, 5) is 22.4. The van der Waals surface area contributed by atoms with Crippen LogP contribution >= 0.6 is 0 Å². The van der Waals surface area contributed by atoms with Crippen LogP contribution in [0.2, 0.25) is 0 Å². The number of rotatable bonds is 4. The Kier molecular flexibility index (Phi) is 3.65. The summed E-state index contributed by atoms with van der Waals surface area (Å²) in [5.74, 6) is -0.0991. The van der Waals surface area contributed by atoms with E-state index in [-0.39, 0.29) is 18.0 Å². The number of nitrogens with zero attached hydrogens (tertiary/aromatic N) is 3. The van der Waals surface area contributed by atoms with Crippen LogP contribution in [-0.2, 0) is 6.54 Å². The van der Waals surface area contributed by atoms with Crippen molar-refractivity contribution in [1.82, 2.24) is 9.78 Å². The Morgan fingerprint density at radius 3 is 2.40 bits per heavy atom. The maximum Gasteiger partial charge on any atom is 0.307 e. The summed E-state index contributed by atoms with van der Waals surface area (Å²) in [6.07, 6.45) is 2.40. The normalized spacial score (nSPS) is 10.6. The number of hydrogen-bond donors (Lipinski definition) is 0. The minimum atomic E-state index is -0.531. The van der Waals surface area contributed by atoms with Gasteiger partial charge in [-0.05, 0) is 31.9 Å². The van der Waals surface area contributed by atoms with Gasteiger partial charge in [0.15, 0.2) is 5.78 Å². The molecule has 0 saturated heterocycles. The lowest BCUT2D eigenvalue weighted by Crippen LogP contribution is -2.13. The van der Waals surface area contributed by atoms with Gasteiger partial charge in [-0.2, -0.15) is 5.10 Å². The topological polar surface area (TPSA) is 78.0 Å². The van der Waals surface area contributed by atoms with Gasteiger partial charge in [0.2, 0.25) is 0 Å². The van der Waals surface area contributed by atoms with Crippen LogP contribution in [0.3, 0.4) is 0 Å². The molecule has 2 rings (SSSR count). The average Bonchev–Trinajstić information content (AvgIpc) is 2.75. The zero-order valence-corrected chi connectivity index (χ0v) is 11.6. The second-order valence-corrected chi connectivity index (χ2v) is 4.85. The second kappa shape index (κ2) is 5.24. The molecule has 1 heterocycles. The van der Waals surface area contributed by atoms with E-state index in [1.807, 2.05) is 32.9 Å². The van der Waals surface area contributed by atoms with Crippen molar-refractivity contribution in [2.75, 3.05) is 0 Å². The Morgan fingerprint density at radius 2 is 1.90 bits per heavy atom. The first kappa shape index (κ1) is 13.9. The van der Waals surface area contributed by atoms with Gasteiger partial charge in [0, 0.05) is 5.56 Å². The van der Waals surface area contributed by atoms with Crippen LogP contribution in [0.1, 0.15) is 27.0 Å². The number of nitro groups is 1. The summed E-state index contributed by atoms with van der Waals surface area (Å²) in [5.41, 5.74) is 3.47. The number of aryl methyl sites for hydroxylation is 3. The molecule has 0 saturated carbocycles. The molecule has 6 heteroatoms. The van der Waals surface area contributed by atoms with E-state index in [1.165, 1.54) is 10.9 Å². The molecular weight excluding hydrogens is 258 g/mol. The molecule has 0 fully saturated rings. The van der Waals surface area contributed by atoms with E-state index in [1.54, 1.807) is 0 Å². The Morgan fingerprint density at radius 1 is 1.30 bits per heavy atom. The molecule has 0 radical (unpaired) electrons. The van der Waals surface area contributed by atoms with Crippen LogP contribution in [0.5, 0.6) is 0 Å². The van der Waals surface area contributed by atoms with Gasteiger partial charge in [0.1, 0.15) is 18.9 Å². The lowest BCUT2D eigenvalue weighted by atomic mass is 9.96. The van der Waals surface area contributed by atoms with E-state index < -0.39 is 4.92 Å². The van der Waals surface area contributed by atoms with Crippen LogP contribution in [0.25, 0.3) is 0 Å². The highest BCUT2D eigenvalue weighted by atomic mass is 16.6. The fourth-order valence-corrected chi connectivity index (χ4v) is 2.38. The van der Waals surface area contributed by atoms with Gasteiger partial charge in [0.05, 0.1) is 4.92 Å². The van der Waals surface area contributed by atoms with Gasteiger partial charge < -0.3 is 0 Å². The van der Waals surface area contributed by atoms with Gasteiger partial charge in [0.25, 0.3) is 0 Å². The lowest BCUT2D eigenvalue weighted by molar-refractivity contribution is -0.385. The largest absolute Gasteiger partial charge is 0.307 e. The predicted molar refractivity (Wildman–Crippen MR) is 73.9 cm³/mol. The highest BCUT2D eigenvalue weighted by molar-refractivity contribution is 5.98. The molecule has 0 amide bonds. The molecule has 0 bridgehead atoms. The van der Waals surface area contributed by atoms with Crippen molar-refractivity contribution < 1.29 is 9.72 Å². The summed E-state index contributed by atoms with van der Waals surface area (Å²) in [7, 11) is 0. The van der Waals surface area contributed by atoms with Gasteiger partial charge in [-0.15, -0.1) is 0 Å². The van der Waals surface area contributed by atoms with Crippen molar-refractivity contribution in [3.63, 3.8) is 0 Å². The molecule has 2 aromatic rings. The zero-order valence-electron chi connectivity index (χ0n) is 11.6. The predicted octanol–water partition coefficient (Wildman–Crippen LogP) is 2.60. The number of ketones is 1. The molecule has 0 aliphatic carbocycles. The monoisotopic (exact) mass is 273 g/mol. The van der Waals surface area contributed by atoms with Crippen molar-refractivity contribution >= 4 is 11.5 Å². The first-order valence-corrected chi connectivity index (χ1v) is 6.16. The highest BCUT2D eigenvalue weighted by Gasteiger charge is 2.16. The van der Waals surface area contributed by atoms with Crippen LogP contribution < -0.4 is 0 Å². The maximum atomic E-state index is 12.3. The molecule has 0 unspecified atom stereocenters. The van der Waals surface area contributed by atoms with Crippen LogP contribution in [-0.4, -0.2) is 20.5 Å². The zero-order chi connectivity index (χ0) is 14.9. The molecule has 0 spiro atoms. The van der Waals surface area contributed by atoms with Crippen LogP contribution in [0.4, 0.5) is 5.69 Å². The number of aromatic nitrogens is 2. The summed E-state index contributed by atoms with van der Waals surface area (Å²) in [5, 5.41) is 14.4. The van der Waals surface area contributed by atoms with Crippen LogP contribution in [0.15, 0.2) is 24.5 Å². The van der Waals surface area contributed by atoms with Gasteiger partial charge in [-0.25, -0.2) is 0 Å². The molecule has 0 aliphatic rings.